The predicted octanol–water partition coefficient (Wildman–Crippen LogP) is 0.613. The molecule has 1 fully saturated rings. The van der Waals surface area contributed by atoms with Crippen LogP contribution in [0.25, 0.3) is 17.2 Å². The van der Waals surface area contributed by atoms with Crippen molar-refractivity contribution in [2.75, 3.05) is 32.8 Å². The molecule has 0 unspecified atom stereocenters. The number of morpholine rings is 1. The molecule has 1 saturated heterocycles. The quantitative estimate of drug-likeness (QED) is 0.488. The van der Waals surface area contributed by atoms with E-state index in [9.17, 15) is 14.4 Å². The van der Waals surface area contributed by atoms with E-state index >= 15 is 0 Å². The molecule has 186 valence electrons. The Morgan fingerprint density at radius 3 is 2.51 bits per heavy atom. The summed E-state index contributed by atoms with van der Waals surface area (Å²) in [6, 6.07) is 7.01. The van der Waals surface area contributed by atoms with Crippen LogP contribution in [-0.2, 0) is 11.3 Å². The Morgan fingerprint density at radius 2 is 1.86 bits per heavy atom. The second-order valence-electron chi connectivity index (χ2n) is 8.34. The second-order valence-corrected chi connectivity index (χ2v) is 8.34. The zero-order valence-corrected chi connectivity index (χ0v) is 20.1. The SMILES string of the molecule is CC[C@@H](CN1CCOCC1)NC(=O)c1nc(-c2nn(-c3ccc(C)cc3)c(=O)n(CC)c2=O)no1. The summed E-state index contributed by atoms with van der Waals surface area (Å²) in [6.07, 6.45) is 0.717. The van der Waals surface area contributed by atoms with E-state index in [1.165, 1.54) is 0 Å². The van der Waals surface area contributed by atoms with Crippen LogP contribution in [0.15, 0.2) is 38.4 Å². The van der Waals surface area contributed by atoms with Gasteiger partial charge in [-0.05, 0) is 32.4 Å². The van der Waals surface area contributed by atoms with Gasteiger partial charge in [-0.1, -0.05) is 29.8 Å². The highest BCUT2D eigenvalue weighted by Crippen LogP contribution is 2.11. The van der Waals surface area contributed by atoms with E-state index in [1.807, 2.05) is 26.0 Å². The van der Waals surface area contributed by atoms with Crippen LogP contribution in [0.4, 0.5) is 0 Å². The van der Waals surface area contributed by atoms with Crippen LogP contribution in [0.1, 0.15) is 36.5 Å². The zero-order chi connectivity index (χ0) is 24.9. The molecule has 1 atom stereocenters. The molecule has 0 spiro atoms. The third-order valence-corrected chi connectivity index (χ3v) is 5.90. The van der Waals surface area contributed by atoms with Gasteiger partial charge in [0.05, 0.1) is 18.9 Å². The lowest BCUT2D eigenvalue weighted by Crippen LogP contribution is -2.47. The Hall–Kier alpha value is -3.64. The van der Waals surface area contributed by atoms with E-state index in [-0.39, 0.29) is 30.0 Å². The van der Waals surface area contributed by atoms with Crippen LogP contribution < -0.4 is 16.6 Å². The number of aromatic nitrogens is 5. The van der Waals surface area contributed by atoms with Gasteiger partial charge in [-0.3, -0.25) is 19.1 Å². The highest BCUT2D eigenvalue weighted by Gasteiger charge is 2.24. The Balaban J connectivity index is 1.60. The Labute approximate surface area is 201 Å². The number of benzene rings is 1. The molecule has 2 aromatic heterocycles. The standard InChI is InChI=1S/C23H29N7O5/c1-4-16(14-28-10-12-34-13-11-28)24-20(31)21-25-19(27-35-21)18-22(32)29(5-2)23(33)30(26-18)17-8-6-15(3)7-9-17/h6-9,16H,4-5,10-14H2,1-3H3,(H,24,31)/t16-/m0/s1. The molecule has 0 bridgehead atoms. The molecule has 4 rings (SSSR count). The number of amides is 1. The molecule has 0 radical (unpaired) electrons. The number of nitrogens with one attached hydrogen (secondary N) is 1. The summed E-state index contributed by atoms with van der Waals surface area (Å²) in [5, 5.41) is 10.9. The molecule has 1 aromatic carbocycles. The summed E-state index contributed by atoms with van der Waals surface area (Å²) in [4.78, 5) is 44.9. The molecule has 12 heteroatoms. The molecule has 12 nitrogen and oxygen atoms in total. The first-order valence-electron chi connectivity index (χ1n) is 11.7. The van der Waals surface area contributed by atoms with Crippen molar-refractivity contribution < 1.29 is 14.1 Å². The maximum Gasteiger partial charge on any atom is 0.352 e. The third kappa shape index (κ3) is 5.38. The number of ether oxygens (including phenoxy) is 1. The van der Waals surface area contributed by atoms with E-state index in [0.29, 0.717) is 31.9 Å². The fourth-order valence-corrected chi connectivity index (χ4v) is 3.82. The molecule has 3 aromatic rings. The van der Waals surface area contributed by atoms with Crippen molar-refractivity contribution >= 4 is 5.91 Å². The molecule has 1 N–H and O–H groups in total. The molecular formula is C23H29N7O5. The van der Waals surface area contributed by atoms with Crippen molar-refractivity contribution in [3.8, 4) is 17.2 Å². The summed E-state index contributed by atoms with van der Waals surface area (Å²) in [5.41, 5.74) is 0.0705. The smallest absolute Gasteiger partial charge is 0.352 e. The monoisotopic (exact) mass is 483 g/mol. The first-order chi connectivity index (χ1) is 16.9. The lowest BCUT2D eigenvalue weighted by molar-refractivity contribution is 0.0330. The van der Waals surface area contributed by atoms with Gasteiger partial charge < -0.3 is 14.6 Å². The second kappa shape index (κ2) is 10.7. The lowest BCUT2D eigenvalue weighted by atomic mass is 10.2. The highest BCUT2D eigenvalue weighted by molar-refractivity contribution is 5.90. The normalized spacial score (nSPS) is 15.2. The van der Waals surface area contributed by atoms with Crippen LogP contribution in [0.2, 0.25) is 0 Å². The summed E-state index contributed by atoms with van der Waals surface area (Å²) < 4.78 is 12.7. The van der Waals surface area contributed by atoms with Gasteiger partial charge in [0, 0.05) is 32.2 Å². The van der Waals surface area contributed by atoms with Gasteiger partial charge in [0.25, 0.3) is 5.56 Å². The summed E-state index contributed by atoms with van der Waals surface area (Å²) in [7, 11) is 0. The first-order valence-corrected chi connectivity index (χ1v) is 11.7. The highest BCUT2D eigenvalue weighted by atomic mass is 16.5. The molecule has 0 aliphatic carbocycles. The predicted molar refractivity (Wildman–Crippen MR) is 127 cm³/mol. The average Bonchev–Trinajstić information content (AvgIpc) is 3.36. The van der Waals surface area contributed by atoms with Crippen LogP contribution in [0.5, 0.6) is 0 Å². The lowest BCUT2D eigenvalue weighted by Gasteiger charge is -2.30. The molecule has 0 saturated carbocycles. The maximum absolute atomic E-state index is 12.9. The molecule has 3 heterocycles. The van der Waals surface area contributed by atoms with E-state index in [4.69, 9.17) is 9.26 Å². The fraction of sp³-hybridized carbons (Fsp3) is 0.478. The van der Waals surface area contributed by atoms with Crippen molar-refractivity contribution in [1.82, 2.24) is 34.7 Å². The Kier molecular flexibility index (Phi) is 7.51. The third-order valence-electron chi connectivity index (χ3n) is 5.90. The molecule has 1 aliphatic heterocycles. The van der Waals surface area contributed by atoms with Gasteiger partial charge in [0.2, 0.25) is 5.82 Å². The number of rotatable bonds is 8. The van der Waals surface area contributed by atoms with Crippen LogP contribution >= 0.6 is 0 Å². The summed E-state index contributed by atoms with van der Waals surface area (Å²) >= 11 is 0. The van der Waals surface area contributed by atoms with Crippen molar-refractivity contribution in [2.45, 2.75) is 39.8 Å². The largest absolute Gasteiger partial charge is 0.379 e. The minimum absolute atomic E-state index is 0.116. The van der Waals surface area contributed by atoms with Gasteiger partial charge in [-0.25, -0.2) is 4.79 Å². The van der Waals surface area contributed by atoms with E-state index in [0.717, 1.165) is 27.9 Å². The van der Waals surface area contributed by atoms with E-state index in [2.05, 4.69) is 25.5 Å². The number of hydrogen-bond acceptors (Lipinski definition) is 9. The van der Waals surface area contributed by atoms with Crippen molar-refractivity contribution in [3.05, 3.63) is 56.6 Å². The van der Waals surface area contributed by atoms with Gasteiger partial charge in [-0.15, -0.1) is 0 Å². The number of carbonyl (C=O) groups is 1. The maximum atomic E-state index is 12.9. The van der Waals surface area contributed by atoms with Gasteiger partial charge in [-0.2, -0.15) is 14.8 Å². The summed E-state index contributed by atoms with van der Waals surface area (Å²) in [6.45, 7) is 9.35. The van der Waals surface area contributed by atoms with E-state index < -0.39 is 17.2 Å². The molecular weight excluding hydrogens is 454 g/mol. The van der Waals surface area contributed by atoms with Gasteiger partial charge in [0.1, 0.15) is 0 Å². The van der Waals surface area contributed by atoms with Crippen molar-refractivity contribution in [1.29, 1.82) is 0 Å². The number of aryl methyl sites for hydroxylation is 1. The first kappa shape index (κ1) is 24.5. The Bertz CT molecular complexity index is 1290. The molecule has 35 heavy (non-hydrogen) atoms. The van der Waals surface area contributed by atoms with E-state index in [1.54, 1.807) is 19.1 Å². The zero-order valence-electron chi connectivity index (χ0n) is 20.1. The van der Waals surface area contributed by atoms with Crippen LogP contribution in [-0.4, -0.2) is 74.2 Å². The summed E-state index contributed by atoms with van der Waals surface area (Å²) in [5.74, 6) is -0.978. The Morgan fingerprint density at radius 1 is 1.14 bits per heavy atom. The number of hydrogen-bond donors (Lipinski definition) is 1. The molecule has 1 amide bonds. The van der Waals surface area contributed by atoms with Crippen molar-refractivity contribution in [2.24, 2.45) is 0 Å². The van der Waals surface area contributed by atoms with Crippen LogP contribution in [0.3, 0.4) is 0 Å². The molecule has 1 aliphatic rings. The topological polar surface area (TPSA) is 137 Å². The van der Waals surface area contributed by atoms with Crippen molar-refractivity contribution in [3.63, 3.8) is 0 Å². The fourth-order valence-electron chi connectivity index (χ4n) is 3.82. The number of nitrogens with zero attached hydrogens (tertiary/aromatic N) is 6. The average molecular weight is 484 g/mol. The van der Waals surface area contributed by atoms with Gasteiger partial charge in [0.15, 0.2) is 5.69 Å². The van der Waals surface area contributed by atoms with Crippen LogP contribution in [0, 0.1) is 6.92 Å². The minimum Gasteiger partial charge on any atom is -0.379 e. The number of carbonyl (C=O) groups excluding carboxylic acids is 1. The van der Waals surface area contributed by atoms with Gasteiger partial charge >= 0.3 is 17.5 Å². The minimum atomic E-state index is -0.660.